The second-order valence-electron chi connectivity index (χ2n) is 12.7. The number of halogens is 1. The molecule has 4 N–H and O–H groups in total. The second kappa shape index (κ2) is 13.2. The average Bonchev–Trinajstić information content (AvgIpc) is 3.53. The standard InChI is InChI=1S/C35H36FN9O5/c1-37-25-17-23(42-45-29(18-39-31(25)45)34(49)40-24-16-22(24)36)20-7-9-21(10-8-20)32(47)38-14-4-3-5-19-6-11-26-28(15-19)43(2)35(50)44(26)27-12-13-30(46)41-33(27)48/h6-11,15,17-18,22,24,27,37H,3-5,12-14,16H2,1-2H3,(H,38,47)(H,40,49)(H,41,46,48)/t22-,24+,27?/m0/s1. The highest BCUT2D eigenvalue weighted by atomic mass is 19.1. The highest BCUT2D eigenvalue weighted by Crippen LogP contribution is 2.28. The number of unbranched alkanes of at least 4 members (excludes halogenated alkanes) is 1. The van der Waals surface area contributed by atoms with E-state index in [0.29, 0.717) is 46.6 Å². The Bertz CT molecular complexity index is 2220. The number of imidazole rings is 2. The van der Waals surface area contributed by atoms with Crippen molar-refractivity contribution < 1.29 is 23.6 Å². The zero-order valence-electron chi connectivity index (χ0n) is 27.5. The molecule has 1 saturated heterocycles. The summed E-state index contributed by atoms with van der Waals surface area (Å²) < 4.78 is 17.8. The first-order valence-electron chi connectivity index (χ1n) is 16.6. The van der Waals surface area contributed by atoms with Gasteiger partial charge in [0.2, 0.25) is 11.8 Å². The van der Waals surface area contributed by atoms with E-state index in [0.717, 1.165) is 30.4 Å². The molecule has 1 saturated carbocycles. The molecule has 14 nitrogen and oxygen atoms in total. The van der Waals surface area contributed by atoms with Crippen LogP contribution >= 0.6 is 0 Å². The molecule has 7 rings (SSSR count). The van der Waals surface area contributed by atoms with Crippen LogP contribution in [-0.4, -0.2) is 73.2 Å². The van der Waals surface area contributed by atoms with Crippen molar-refractivity contribution in [3.05, 3.63) is 82.0 Å². The minimum atomic E-state index is -1.03. The van der Waals surface area contributed by atoms with Gasteiger partial charge in [0.05, 0.1) is 34.7 Å². The molecule has 1 unspecified atom stereocenters. The first kappa shape index (κ1) is 32.7. The Hall–Kier alpha value is -5.86. The first-order chi connectivity index (χ1) is 24.1. The van der Waals surface area contributed by atoms with E-state index < -0.39 is 30.1 Å². The molecule has 3 atom stereocenters. The topological polar surface area (TPSA) is 174 Å². The van der Waals surface area contributed by atoms with Crippen molar-refractivity contribution >= 4 is 46.0 Å². The van der Waals surface area contributed by atoms with Gasteiger partial charge in [-0.05, 0) is 61.6 Å². The van der Waals surface area contributed by atoms with E-state index in [1.807, 2.05) is 24.3 Å². The number of aromatic nitrogens is 5. The van der Waals surface area contributed by atoms with E-state index >= 15 is 0 Å². The van der Waals surface area contributed by atoms with E-state index in [2.05, 4.69) is 31.3 Å². The smallest absolute Gasteiger partial charge is 0.329 e. The summed E-state index contributed by atoms with van der Waals surface area (Å²) in [6.07, 6.45) is 3.44. The molecule has 2 aliphatic rings. The molecule has 0 radical (unpaired) electrons. The lowest BCUT2D eigenvalue weighted by Gasteiger charge is -2.21. The number of fused-ring (bicyclic) bond motifs is 2. The molecule has 4 amide bonds. The van der Waals surface area contributed by atoms with Crippen LogP contribution < -0.4 is 27.0 Å². The van der Waals surface area contributed by atoms with E-state index in [1.54, 1.807) is 38.4 Å². The number of hydrogen-bond acceptors (Lipinski definition) is 8. The zero-order valence-corrected chi connectivity index (χ0v) is 27.5. The third-order valence-corrected chi connectivity index (χ3v) is 9.29. The summed E-state index contributed by atoms with van der Waals surface area (Å²) in [6.45, 7) is 0.479. The Morgan fingerprint density at radius 2 is 1.80 bits per heavy atom. The molecule has 1 aliphatic heterocycles. The molecule has 0 bridgehead atoms. The van der Waals surface area contributed by atoms with Gasteiger partial charge in [0.1, 0.15) is 12.2 Å². The van der Waals surface area contributed by atoms with Crippen molar-refractivity contribution in [2.75, 3.05) is 18.9 Å². The fourth-order valence-electron chi connectivity index (χ4n) is 6.35. The monoisotopic (exact) mass is 681 g/mol. The molecular formula is C35H36FN9O5. The fourth-order valence-corrected chi connectivity index (χ4v) is 6.35. The maximum Gasteiger partial charge on any atom is 0.329 e. The minimum absolute atomic E-state index is 0.187. The Morgan fingerprint density at radius 3 is 2.52 bits per heavy atom. The third-order valence-electron chi connectivity index (χ3n) is 9.29. The number of rotatable bonds is 11. The maximum absolute atomic E-state index is 13.4. The van der Waals surface area contributed by atoms with Crippen LogP contribution in [0.4, 0.5) is 10.1 Å². The minimum Gasteiger partial charge on any atom is -0.385 e. The zero-order chi connectivity index (χ0) is 35.1. The lowest BCUT2D eigenvalue weighted by atomic mass is 10.0. The summed E-state index contributed by atoms with van der Waals surface area (Å²) in [4.78, 5) is 67.0. The maximum atomic E-state index is 13.4. The van der Waals surface area contributed by atoms with Gasteiger partial charge in [0.25, 0.3) is 11.8 Å². The number of alkyl halides is 1. The Labute approximate surface area is 285 Å². The van der Waals surface area contributed by atoms with Crippen LogP contribution in [0.5, 0.6) is 0 Å². The van der Waals surface area contributed by atoms with Crippen LogP contribution in [0.3, 0.4) is 0 Å². The van der Waals surface area contributed by atoms with Gasteiger partial charge in [-0.15, -0.1) is 0 Å². The number of imide groups is 1. The van der Waals surface area contributed by atoms with E-state index in [4.69, 9.17) is 0 Å². The van der Waals surface area contributed by atoms with Crippen molar-refractivity contribution in [3.63, 3.8) is 0 Å². The van der Waals surface area contributed by atoms with E-state index in [1.165, 1.54) is 19.8 Å². The quantitative estimate of drug-likeness (QED) is 0.122. The molecule has 5 aromatic rings. The predicted molar refractivity (Wildman–Crippen MR) is 183 cm³/mol. The Morgan fingerprint density at radius 1 is 1.02 bits per heavy atom. The largest absolute Gasteiger partial charge is 0.385 e. The van der Waals surface area contributed by atoms with E-state index in [-0.39, 0.29) is 36.0 Å². The first-order valence-corrected chi connectivity index (χ1v) is 16.6. The molecule has 4 heterocycles. The van der Waals surface area contributed by atoms with Crippen LogP contribution in [0.15, 0.2) is 59.5 Å². The van der Waals surface area contributed by atoms with Gasteiger partial charge >= 0.3 is 5.69 Å². The molecule has 0 spiro atoms. The number of nitrogens with zero attached hydrogens (tertiary/aromatic N) is 5. The number of piperidine rings is 1. The van der Waals surface area contributed by atoms with Gasteiger partial charge in [-0.3, -0.25) is 33.6 Å². The number of nitrogens with one attached hydrogen (secondary N) is 4. The SMILES string of the molecule is CNc1cc(-c2ccc(C(=O)NCCCCc3ccc4c(c3)n(C)c(=O)n4C3CCC(=O)NC3=O)cc2)nn2c(C(=O)N[C@@H]3C[C@@H]3F)cnc12. The van der Waals surface area contributed by atoms with Crippen LogP contribution in [0.1, 0.15) is 64.6 Å². The summed E-state index contributed by atoms with van der Waals surface area (Å²) in [7, 11) is 3.41. The molecule has 258 valence electrons. The lowest BCUT2D eigenvalue weighted by molar-refractivity contribution is -0.135. The number of aryl methyl sites for hydroxylation is 2. The highest BCUT2D eigenvalue weighted by molar-refractivity contribution is 6.00. The number of anilines is 1. The highest BCUT2D eigenvalue weighted by Gasteiger charge is 2.39. The van der Waals surface area contributed by atoms with Gasteiger partial charge in [-0.2, -0.15) is 5.10 Å². The normalized spacial score (nSPS) is 18.7. The van der Waals surface area contributed by atoms with Crippen LogP contribution in [0.2, 0.25) is 0 Å². The Balaban J connectivity index is 0.949. The summed E-state index contributed by atoms with van der Waals surface area (Å²) in [6, 6.07) is 13.3. The van der Waals surface area contributed by atoms with Crippen LogP contribution in [-0.2, 0) is 23.1 Å². The molecule has 15 heteroatoms. The third kappa shape index (κ3) is 6.21. The summed E-state index contributed by atoms with van der Waals surface area (Å²) in [5.74, 6) is -1.45. The van der Waals surface area contributed by atoms with Crippen molar-refractivity contribution in [2.24, 2.45) is 7.05 Å². The number of amides is 4. The van der Waals surface area contributed by atoms with Crippen molar-refractivity contribution in [2.45, 2.75) is 56.8 Å². The number of hydrogen-bond donors (Lipinski definition) is 4. The fraction of sp³-hybridized carbons (Fsp3) is 0.343. The molecule has 1 aliphatic carbocycles. The number of carbonyl (C=O) groups is 4. The van der Waals surface area contributed by atoms with Crippen LogP contribution in [0.25, 0.3) is 27.9 Å². The average molecular weight is 682 g/mol. The van der Waals surface area contributed by atoms with Gasteiger partial charge in [0.15, 0.2) is 11.3 Å². The summed E-state index contributed by atoms with van der Waals surface area (Å²) in [5, 5.41) is 15.6. The number of benzene rings is 2. The van der Waals surface area contributed by atoms with E-state index in [9.17, 15) is 28.4 Å². The van der Waals surface area contributed by atoms with Gasteiger partial charge in [-0.25, -0.2) is 18.7 Å². The molecular weight excluding hydrogens is 645 g/mol. The lowest BCUT2D eigenvalue weighted by Crippen LogP contribution is -2.44. The number of carbonyl (C=O) groups excluding carboxylic acids is 4. The molecule has 3 aromatic heterocycles. The molecule has 50 heavy (non-hydrogen) atoms. The predicted octanol–water partition coefficient (Wildman–Crippen LogP) is 2.66. The second-order valence-corrected chi connectivity index (χ2v) is 12.7. The van der Waals surface area contributed by atoms with Crippen LogP contribution in [0, 0.1) is 0 Å². The van der Waals surface area contributed by atoms with Crippen molar-refractivity contribution in [3.8, 4) is 11.3 Å². The van der Waals surface area contributed by atoms with Crippen molar-refractivity contribution in [1.82, 2.24) is 39.7 Å². The summed E-state index contributed by atoms with van der Waals surface area (Å²) >= 11 is 0. The Kier molecular flexibility index (Phi) is 8.64. The van der Waals surface area contributed by atoms with Gasteiger partial charge in [-0.1, -0.05) is 18.2 Å². The van der Waals surface area contributed by atoms with Crippen molar-refractivity contribution in [1.29, 1.82) is 0 Å². The molecule has 2 fully saturated rings. The molecule has 2 aromatic carbocycles. The van der Waals surface area contributed by atoms with Gasteiger partial charge in [0, 0.05) is 44.6 Å². The summed E-state index contributed by atoms with van der Waals surface area (Å²) in [5.41, 5.74) is 5.17. The van der Waals surface area contributed by atoms with Gasteiger partial charge < -0.3 is 16.0 Å².